The summed E-state index contributed by atoms with van der Waals surface area (Å²) in [6, 6.07) is 25.6. The molecule has 7 aliphatic heterocycles. The highest BCUT2D eigenvalue weighted by Gasteiger charge is 2.46. The van der Waals surface area contributed by atoms with Crippen molar-refractivity contribution in [2.45, 2.75) is 344 Å². The van der Waals surface area contributed by atoms with E-state index in [-0.39, 0.29) is 211 Å². The minimum Gasteiger partial charge on any atom is -0.480 e. The molecule has 3 amide bonds. The van der Waals surface area contributed by atoms with Crippen LogP contribution >= 0.6 is 22.7 Å². The number of aliphatic hydroxyl groups is 1. The average molecular weight is 2090 g/mol. The number of thiophene rings is 1. The molecule has 9 heterocycles. The lowest BCUT2D eigenvalue weighted by atomic mass is 9.64. The zero-order chi connectivity index (χ0) is 109. The fourth-order valence-corrected chi connectivity index (χ4v) is 18.2. The number of nitrogen functional groups attached to an aromatic ring is 1. The van der Waals surface area contributed by atoms with Gasteiger partial charge < -0.3 is 127 Å². The van der Waals surface area contributed by atoms with Crippen LogP contribution in [0.5, 0.6) is 0 Å². The maximum absolute atomic E-state index is 12.9. The fourth-order valence-electron chi connectivity index (χ4n) is 17.0. The second-order valence-corrected chi connectivity index (χ2v) is 40.0. The molecule has 17 atom stereocenters. The number of carboxylic acids is 2. The minimum atomic E-state index is -1.65. The smallest absolute Gasteiger partial charge is 0.480 e. The van der Waals surface area contributed by atoms with Gasteiger partial charge in [0.05, 0.1) is 42.5 Å². The van der Waals surface area contributed by atoms with E-state index in [2.05, 4.69) is 26.1 Å². The Kier molecular flexibility index (Phi) is 54.6. The maximum Gasteiger partial charge on any atom is 0.483 e. The van der Waals surface area contributed by atoms with E-state index in [1.807, 2.05) is 77.5 Å². The van der Waals surface area contributed by atoms with Gasteiger partial charge in [0.15, 0.2) is 22.4 Å². The summed E-state index contributed by atoms with van der Waals surface area (Å²) < 4.78 is 37.7. The summed E-state index contributed by atoms with van der Waals surface area (Å²) in [5.41, 5.74) is 24.4. The second kappa shape index (κ2) is 63.9. The van der Waals surface area contributed by atoms with E-state index in [1.165, 1.54) is 79.0 Å². The van der Waals surface area contributed by atoms with Gasteiger partial charge in [0, 0.05) is 154 Å². The molecule has 5 aromatic rings. The van der Waals surface area contributed by atoms with Gasteiger partial charge in [-0.25, -0.2) is 9.78 Å². The van der Waals surface area contributed by atoms with E-state index >= 15 is 0 Å². The summed E-state index contributed by atoms with van der Waals surface area (Å²) in [6.45, 7) is 14.9. The predicted molar refractivity (Wildman–Crippen MR) is 550 cm³/mol. The molecule has 6 saturated heterocycles. The molecule has 6 fully saturated rings. The van der Waals surface area contributed by atoms with Crippen molar-refractivity contribution < 1.29 is 160 Å². The number of aliphatic hydroxyl groups excluding tert-OH is 1. The number of nitrogens with zero attached hydrogens (tertiary/aromatic N) is 2. The summed E-state index contributed by atoms with van der Waals surface area (Å²) in [4.78, 5) is 181. The van der Waals surface area contributed by atoms with Gasteiger partial charge in [-0.15, -0.1) is 11.3 Å². The van der Waals surface area contributed by atoms with Crippen molar-refractivity contribution in [2.24, 2.45) is 22.4 Å². The van der Waals surface area contributed by atoms with E-state index < -0.39 is 121 Å². The van der Waals surface area contributed by atoms with Gasteiger partial charge in [0.25, 0.3) is 5.91 Å². The van der Waals surface area contributed by atoms with E-state index in [9.17, 15) is 112 Å². The number of nitrogens with two attached hydrogens (primary N) is 4. The summed E-state index contributed by atoms with van der Waals surface area (Å²) in [7, 11) is -7.50. The largest absolute Gasteiger partial charge is 0.483 e. The Bertz CT molecular complexity index is 5130. The molecule has 0 radical (unpaired) electrons. The molecule has 51 heteroatoms. The number of fused-ring (bicyclic) bond motifs is 1. The number of anilines is 1. The number of aliphatic carboxylic acids is 2. The van der Waals surface area contributed by atoms with Crippen molar-refractivity contribution in [1.82, 2.24) is 20.9 Å². The Morgan fingerprint density at radius 2 is 0.925 bits per heavy atom. The number of oxime groups is 1. The van der Waals surface area contributed by atoms with Crippen LogP contribution in [-0.4, -0.2) is 271 Å². The topological polar surface area (TPSA) is 698 Å². The van der Waals surface area contributed by atoms with Crippen LogP contribution < -0.4 is 38.9 Å². The first-order valence-corrected chi connectivity index (χ1v) is 51.0. The Labute approximate surface area is 865 Å². The third kappa shape index (κ3) is 45.8. The van der Waals surface area contributed by atoms with Crippen molar-refractivity contribution >= 4 is 171 Å². The molecule has 0 unspecified atom stereocenters. The zero-order valence-electron chi connectivity index (χ0n) is 84.7. The lowest BCUT2D eigenvalue weighted by Gasteiger charge is -2.33. The van der Waals surface area contributed by atoms with E-state index in [0.717, 1.165) is 40.0 Å². The number of carboxylic acid groups (broad SMARTS) is 2. The highest BCUT2D eigenvalue weighted by Crippen LogP contribution is 2.39. The standard InChI is InChI=1S/C17H24BN3O7S.C17H18BNO4S.C16H22BNO4.C14H18BNO4.C13H22BNO6.C10H19BN2O4.C9H17BO4/c1-9(22)6-11-5-4-10(18(26)27-11)7-13(23)14(12-8-29-16(19)20-12)21-28-17(2,3)15(24)25;1-11(20)8-15-13-4-2-3-5-14(13)17(18(22)23-15)19-16(21)9-12-6-7-24-10-12;1-11(19)9-14-8-7-13(17(21)22-14)10-15(20)16(18)12-5-3-2-4-6-12;1-10(17)9-12-7-8-13(15(19)20-12)16-14(18)11-5-3-2-4-6-11;1-8(16)6-11-4-2-9(14(20)21-11)7-10(17)3-5-12(15)13(18)19;1-7(14)6-8-2-3-9(11(16)17-8)13-10(15)4-5-12;1-6(11)5-8-3-4-9(7(2)12)10(13)14-8/h8,10-11,26H,4-7H2,1-3H3,(H2,19,20)(H,24,25);2-7,10,15,17,22H,8-9H2,1H3,(H,19,21);2-6,13-14,16,21H,7-10,18H2,1H3;2-6,12-13,19H,7-9H2,1H3,(H,16,18);9,11-12,20H,2-7,15H2,1H3,(H,18,19);8-9,16H,2-6,12H2,1H3,(H,13,15);7-9,12-13H,3-5H2,1-2H3/b21-14-;;;;;;/t10-,11+;15-,17+;13-,14+,16+;12-,13-;9-,11+,12+;8-,9-;7-,8+,9+/m1110101/s1. The van der Waals surface area contributed by atoms with Crippen LogP contribution in [0, 0.1) is 0 Å². The van der Waals surface area contributed by atoms with Crippen LogP contribution in [0.2, 0.25) is 23.3 Å². The first-order valence-electron chi connectivity index (χ1n) is 49.2. The van der Waals surface area contributed by atoms with Crippen molar-refractivity contribution in [3.8, 4) is 0 Å². The molecule has 7 aliphatic rings. The summed E-state index contributed by atoms with van der Waals surface area (Å²) in [5.74, 6) is -6.36. The monoisotopic (exact) mass is 2090 g/mol. The number of benzene rings is 3. The molecule has 21 N–H and O–H groups in total. The number of Topliss-reactive ketones (excluding diaryl/α,β-unsaturated/α-hetero) is 10. The van der Waals surface area contributed by atoms with Gasteiger partial charge in [-0.1, -0.05) is 78.0 Å². The van der Waals surface area contributed by atoms with Crippen LogP contribution in [0.1, 0.15) is 286 Å². The van der Waals surface area contributed by atoms with E-state index in [0.29, 0.717) is 102 Å². The first-order chi connectivity index (χ1) is 69.4. The number of hydrogen-bond acceptors (Lipinski definition) is 39. The first kappa shape index (κ1) is 126. The molecule has 0 saturated carbocycles. The van der Waals surface area contributed by atoms with Crippen molar-refractivity contribution in [3.05, 3.63) is 141 Å². The lowest BCUT2D eigenvalue weighted by molar-refractivity contribution is -0.161. The normalized spacial score (nSPS) is 22.8. The number of thiazole rings is 1. The second-order valence-electron chi connectivity index (χ2n) is 38.4. The lowest BCUT2D eigenvalue weighted by Crippen LogP contribution is -2.53. The number of carbonyl (C=O) groups excluding carboxylic acids is 13. The third-order valence-electron chi connectivity index (χ3n) is 24.9. The summed E-state index contributed by atoms with van der Waals surface area (Å²) in [5, 5.41) is 114. The number of carbonyl (C=O) groups is 15. The number of nitrogens with one attached hydrogen (secondary N) is 3. The zero-order valence-corrected chi connectivity index (χ0v) is 86.4. The van der Waals surface area contributed by atoms with Gasteiger partial charge in [0.2, 0.25) is 17.4 Å². The molecule has 3 aromatic carbocycles. The van der Waals surface area contributed by atoms with Crippen LogP contribution in [0.4, 0.5) is 5.13 Å². The van der Waals surface area contributed by atoms with Gasteiger partial charge in [-0.05, 0) is 204 Å². The molecule has 2 aromatic heterocycles. The molecule has 0 spiro atoms. The molecule has 0 bridgehead atoms. The SMILES string of the molecule is CC(=O)C[C@@H]1CC[C@@H]([C@@H](C)O)B(O)O1.CC(=O)C[C@@H]1CC[C@H](CC(=O)/C(=N\OC(C)(C)C(=O)O)c2csc(N)n2)B(O)O1.CC(=O)C[C@@H]1CC[C@H](CC(=O)CC[C@H](N)C(=O)O)B(O)O1.CC(=O)C[C@@H]1CC[C@H](CC(=O)[C@@H](N)c2ccccc2)B(O)O1.CC(=O)C[C@@H]1CC[C@H](NC(=O)CCN)B(O)O1.CC(=O)C[C@@H]1CC[C@H](NC(=O)c2ccccc2)B(O)O1.CC(=O)C[C@H]1OB(O)[C@@H](NC(=O)Cc2ccsc2)c2ccccc21. The predicted octanol–water partition coefficient (Wildman–Crippen LogP) is 5.63. The van der Waals surface area contributed by atoms with Gasteiger partial charge in [-0.3, -0.25) is 67.1 Å². The quantitative estimate of drug-likeness (QED) is 0.0128. The van der Waals surface area contributed by atoms with Gasteiger partial charge in [-0.2, -0.15) is 11.3 Å². The van der Waals surface area contributed by atoms with Crippen LogP contribution in [-0.2, 0) is 111 Å². The van der Waals surface area contributed by atoms with Gasteiger partial charge in [0.1, 0.15) is 58.0 Å². The molecule has 147 heavy (non-hydrogen) atoms. The third-order valence-corrected chi connectivity index (χ3v) is 26.3. The van der Waals surface area contributed by atoms with Gasteiger partial charge >= 0.3 is 61.8 Å². The van der Waals surface area contributed by atoms with Crippen molar-refractivity contribution in [1.29, 1.82) is 0 Å². The minimum absolute atomic E-state index is 0.00406. The Hall–Kier alpha value is -9.96. The summed E-state index contributed by atoms with van der Waals surface area (Å²) >= 11 is 2.63. The molecular weight excluding hydrogens is 1950 g/mol. The van der Waals surface area contributed by atoms with Crippen molar-refractivity contribution in [3.63, 3.8) is 0 Å². The highest BCUT2D eigenvalue weighted by atomic mass is 32.1. The number of hydrogen-bond donors (Lipinski definition) is 17. The molecule has 0 aliphatic carbocycles. The number of ketones is 10. The summed E-state index contributed by atoms with van der Waals surface area (Å²) in [6.07, 6.45) is 7.69. The van der Waals surface area contributed by atoms with Crippen LogP contribution in [0.3, 0.4) is 0 Å². The Balaban J connectivity index is 0.000000264. The number of aromatic nitrogens is 1. The van der Waals surface area contributed by atoms with Crippen LogP contribution in [0.25, 0.3) is 0 Å². The number of rotatable bonds is 40. The average Bonchev–Trinajstić information content (AvgIpc) is 1.12. The number of amides is 3. The van der Waals surface area contributed by atoms with Crippen LogP contribution in [0.15, 0.2) is 112 Å². The Morgan fingerprint density at radius 1 is 0.490 bits per heavy atom. The maximum atomic E-state index is 12.9. The van der Waals surface area contributed by atoms with E-state index in [4.69, 9.17) is 70.6 Å². The Morgan fingerprint density at radius 3 is 1.35 bits per heavy atom. The van der Waals surface area contributed by atoms with E-state index in [1.54, 1.807) is 31.2 Å². The molecule has 42 nitrogen and oxygen atoms in total. The molecule has 12 rings (SSSR count). The molecule has 800 valence electrons. The highest BCUT2D eigenvalue weighted by molar-refractivity contribution is 7.13. The fraction of sp³-hybridized carbons (Fsp3) is 0.573. The van der Waals surface area contributed by atoms with Crippen molar-refractivity contribution in [2.75, 3.05) is 12.3 Å². The molecular formula is C96H140B7N9O33S2.